The van der Waals surface area contributed by atoms with Gasteiger partial charge in [0.1, 0.15) is 5.78 Å². The molecular weight excluding hydrogens is 356 g/mol. The van der Waals surface area contributed by atoms with Crippen molar-refractivity contribution in [2.24, 2.45) is 22.7 Å². The molecule has 0 bridgehead atoms. The summed E-state index contributed by atoms with van der Waals surface area (Å²) in [5.74, 6) is 0.550. The number of rotatable bonds is 6. The van der Waals surface area contributed by atoms with E-state index in [1.54, 1.807) is 0 Å². The van der Waals surface area contributed by atoms with E-state index in [1.807, 2.05) is 6.92 Å². The lowest BCUT2D eigenvalue weighted by Gasteiger charge is -2.60. The summed E-state index contributed by atoms with van der Waals surface area (Å²) in [6.45, 7) is 10.7. The lowest BCUT2D eigenvalue weighted by atomic mass is 9.46. The number of ether oxygens (including phenoxy) is 4. The minimum Gasteiger partial charge on any atom is -0.379 e. The zero-order valence-electron chi connectivity index (χ0n) is 17.8. The Morgan fingerprint density at radius 1 is 1.14 bits per heavy atom. The predicted molar refractivity (Wildman–Crippen MR) is 106 cm³/mol. The highest BCUT2D eigenvalue weighted by Gasteiger charge is 2.61. The van der Waals surface area contributed by atoms with Gasteiger partial charge in [0.2, 0.25) is 0 Å². The number of Topliss-reactive ketones (excluding diaryl/α,β-unsaturated/α-hetero) is 1. The highest BCUT2D eigenvalue weighted by Crippen LogP contribution is 2.64. The van der Waals surface area contributed by atoms with Crippen LogP contribution >= 0.6 is 0 Å². The van der Waals surface area contributed by atoms with Crippen molar-refractivity contribution >= 4 is 5.78 Å². The second kappa shape index (κ2) is 7.82. The Kier molecular flexibility index (Phi) is 5.73. The third-order valence-corrected chi connectivity index (χ3v) is 8.09. The fourth-order valence-electron chi connectivity index (χ4n) is 6.51. The molecule has 5 nitrogen and oxygen atoms in total. The largest absolute Gasteiger partial charge is 0.379 e. The molecule has 0 radical (unpaired) electrons. The van der Waals surface area contributed by atoms with Gasteiger partial charge in [-0.05, 0) is 37.5 Å². The average molecular weight is 393 g/mol. The molecule has 4 rings (SSSR count). The van der Waals surface area contributed by atoms with Crippen molar-refractivity contribution in [3.8, 4) is 0 Å². The minimum absolute atomic E-state index is 0.0254. The lowest BCUT2D eigenvalue weighted by molar-refractivity contribution is -0.215. The van der Waals surface area contributed by atoms with E-state index in [4.69, 9.17) is 18.9 Å². The fourth-order valence-corrected chi connectivity index (χ4v) is 6.51. The molecule has 28 heavy (non-hydrogen) atoms. The molecular formula is C23H36O5. The monoisotopic (exact) mass is 392 g/mol. The first-order chi connectivity index (χ1) is 13.5. The van der Waals surface area contributed by atoms with Crippen LogP contribution in [0.25, 0.3) is 0 Å². The normalized spacial score (nSPS) is 39.5. The topological polar surface area (TPSA) is 54.0 Å². The Balaban J connectivity index is 1.58. The van der Waals surface area contributed by atoms with Gasteiger partial charge in [-0.1, -0.05) is 25.5 Å². The van der Waals surface area contributed by atoms with Gasteiger partial charge in [-0.25, -0.2) is 0 Å². The Bertz CT molecular complexity index is 622. The smallest absolute Gasteiger partial charge is 0.174 e. The molecule has 0 amide bonds. The molecule has 0 aromatic heterocycles. The van der Waals surface area contributed by atoms with Crippen LogP contribution in [-0.4, -0.2) is 51.2 Å². The molecule has 0 aromatic rings. The Morgan fingerprint density at radius 3 is 2.64 bits per heavy atom. The molecule has 4 atom stereocenters. The van der Waals surface area contributed by atoms with E-state index < -0.39 is 5.79 Å². The van der Waals surface area contributed by atoms with Crippen molar-refractivity contribution < 1.29 is 23.7 Å². The fraction of sp³-hybridized carbons (Fsp3) is 0.870. The van der Waals surface area contributed by atoms with E-state index in [0.717, 1.165) is 38.9 Å². The van der Waals surface area contributed by atoms with E-state index >= 15 is 0 Å². The van der Waals surface area contributed by atoms with Gasteiger partial charge in [0.05, 0.1) is 33.0 Å². The quantitative estimate of drug-likeness (QED) is 0.507. The standard InChI is InChI=1S/C23H36O5/c1-4-25-11-12-26-16-22-7-5-18(24)15-20(22)21(3)9-10-23(27-13-14-28-23)17(2)19(21)6-8-22/h6,17,20H,4-5,7-16H2,1-3H3/t17-,20?,21-,22?/m0/s1. The number of ketones is 1. The minimum atomic E-state index is -0.446. The third kappa shape index (κ3) is 3.28. The number of allylic oxidation sites excluding steroid dienone is 1. The number of carbonyl (C=O) groups excluding carboxylic acids is 1. The van der Waals surface area contributed by atoms with Crippen molar-refractivity contribution in [2.75, 3.05) is 39.6 Å². The van der Waals surface area contributed by atoms with E-state index in [1.165, 1.54) is 5.57 Å². The van der Waals surface area contributed by atoms with Crippen molar-refractivity contribution in [1.82, 2.24) is 0 Å². The number of carbonyl (C=O) groups is 1. The van der Waals surface area contributed by atoms with E-state index in [9.17, 15) is 4.79 Å². The summed E-state index contributed by atoms with van der Waals surface area (Å²) in [5.41, 5.74) is 1.54. The van der Waals surface area contributed by atoms with E-state index in [0.29, 0.717) is 51.0 Å². The molecule has 0 aromatic carbocycles. The molecule has 5 heteroatoms. The van der Waals surface area contributed by atoms with Gasteiger partial charge >= 0.3 is 0 Å². The Labute approximate surface area is 169 Å². The highest BCUT2D eigenvalue weighted by molar-refractivity contribution is 5.80. The Morgan fingerprint density at radius 2 is 1.89 bits per heavy atom. The van der Waals surface area contributed by atoms with E-state index in [-0.39, 0.29) is 16.7 Å². The summed E-state index contributed by atoms with van der Waals surface area (Å²) < 4.78 is 23.7. The van der Waals surface area contributed by atoms with Crippen molar-refractivity contribution in [3.05, 3.63) is 11.6 Å². The maximum absolute atomic E-state index is 12.5. The van der Waals surface area contributed by atoms with Gasteiger partial charge in [0.25, 0.3) is 0 Å². The first kappa shape index (κ1) is 20.5. The number of hydrogen-bond acceptors (Lipinski definition) is 5. The maximum Gasteiger partial charge on any atom is 0.174 e. The van der Waals surface area contributed by atoms with Crippen LogP contribution in [-0.2, 0) is 23.7 Å². The van der Waals surface area contributed by atoms with Gasteiger partial charge in [0, 0.05) is 37.2 Å². The molecule has 2 unspecified atom stereocenters. The maximum atomic E-state index is 12.5. The van der Waals surface area contributed by atoms with Gasteiger partial charge in [-0.2, -0.15) is 0 Å². The van der Waals surface area contributed by atoms with Crippen molar-refractivity contribution in [2.45, 2.75) is 65.1 Å². The summed E-state index contributed by atoms with van der Waals surface area (Å²) in [4.78, 5) is 12.5. The average Bonchev–Trinajstić information content (AvgIpc) is 3.16. The predicted octanol–water partition coefficient (Wildman–Crippen LogP) is 3.90. The molecule has 158 valence electrons. The zero-order chi connectivity index (χ0) is 19.8. The zero-order valence-corrected chi connectivity index (χ0v) is 17.8. The summed E-state index contributed by atoms with van der Waals surface area (Å²) in [6.07, 6.45) is 7.69. The molecule has 1 heterocycles. The van der Waals surface area contributed by atoms with Crippen LogP contribution < -0.4 is 0 Å². The summed E-state index contributed by atoms with van der Waals surface area (Å²) in [6, 6.07) is 0. The SMILES string of the molecule is CCOCCOCC12CC=C3[C@H](C)C4(CC[C@]3(C)C1CC(=O)CC2)OCCO4. The van der Waals surface area contributed by atoms with Gasteiger partial charge in [-0.15, -0.1) is 0 Å². The molecule has 2 saturated carbocycles. The molecule has 0 N–H and O–H groups in total. The lowest BCUT2D eigenvalue weighted by Crippen LogP contribution is -2.57. The molecule has 3 aliphatic carbocycles. The number of fused-ring (bicyclic) bond motifs is 3. The summed E-state index contributed by atoms with van der Waals surface area (Å²) in [5, 5.41) is 0. The highest BCUT2D eigenvalue weighted by atomic mass is 16.7. The second-order valence-electron chi connectivity index (χ2n) is 9.42. The van der Waals surface area contributed by atoms with Crippen LogP contribution in [0.1, 0.15) is 59.3 Å². The van der Waals surface area contributed by atoms with Crippen molar-refractivity contribution in [1.29, 1.82) is 0 Å². The third-order valence-electron chi connectivity index (χ3n) is 8.09. The van der Waals surface area contributed by atoms with Crippen LogP contribution in [0.15, 0.2) is 11.6 Å². The van der Waals surface area contributed by atoms with Crippen LogP contribution in [0.3, 0.4) is 0 Å². The first-order valence-corrected chi connectivity index (χ1v) is 11.1. The second-order valence-corrected chi connectivity index (χ2v) is 9.42. The van der Waals surface area contributed by atoms with Gasteiger partial charge in [0.15, 0.2) is 5.79 Å². The van der Waals surface area contributed by atoms with Crippen LogP contribution in [0.4, 0.5) is 0 Å². The summed E-state index contributed by atoms with van der Waals surface area (Å²) in [7, 11) is 0. The van der Waals surface area contributed by atoms with Crippen LogP contribution in [0.5, 0.6) is 0 Å². The molecule has 1 spiro atoms. The molecule has 4 aliphatic rings. The van der Waals surface area contributed by atoms with Gasteiger partial charge in [-0.3, -0.25) is 4.79 Å². The van der Waals surface area contributed by atoms with Crippen LogP contribution in [0.2, 0.25) is 0 Å². The van der Waals surface area contributed by atoms with Crippen LogP contribution in [0, 0.1) is 22.7 Å². The molecule has 3 fully saturated rings. The van der Waals surface area contributed by atoms with Gasteiger partial charge < -0.3 is 18.9 Å². The molecule has 1 saturated heterocycles. The van der Waals surface area contributed by atoms with Crippen molar-refractivity contribution in [3.63, 3.8) is 0 Å². The first-order valence-electron chi connectivity index (χ1n) is 11.1. The van der Waals surface area contributed by atoms with E-state index in [2.05, 4.69) is 19.9 Å². The number of hydrogen-bond donors (Lipinski definition) is 0. The Hall–Kier alpha value is -0.750. The molecule has 1 aliphatic heterocycles. The summed E-state index contributed by atoms with van der Waals surface area (Å²) >= 11 is 0.